The molecule has 76 valence electrons. The lowest BCUT2D eigenvalue weighted by Crippen LogP contribution is -2.05. The normalized spacial score (nSPS) is 11.9. The van der Waals surface area contributed by atoms with Gasteiger partial charge < -0.3 is 4.18 Å². The van der Waals surface area contributed by atoms with Crippen LogP contribution in [0.4, 0.5) is 0 Å². The van der Waals surface area contributed by atoms with Crippen LogP contribution in [-0.4, -0.2) is 14.7 Å². The van der Waals surface area contributed by atoms with E-state index in [-0.39, 0.29) is 0 Å². The highest BCUT2D eigenvalue weighted by Crippen LogP contribution is 2.14. The van der Waals surface area contributed by atoms with E-state index in [0.29, 0.717) is 5.75 Å². The van der Waals surface area contributed by atoms with Crippen molar-refractivity contribution >= 4 is 32.1 Å². The summed E-state index contributed by atoms with van der Waals surface area (Å²) in [7, 11) is -3.43. The summed E-state index contributed by atoms with van der Waals surface area (Å²) in [6.07, 6.45) is 2.85. The lowest BCUT2D eigenvalue weighted by molar-refractivity contribution is 0.493. The summed E-state index contributed by atoms with van der Waals surface area (Å²) >= 11 is 3.15. The van der Waals surface area contributed by atoms with Crippen LogP contribution in [0, 0.1) is 0 Å². The molecule has 3 nitrogen and oxygen atoms in total. The Balaban J connectivity index is 2.84. The molecule has 5 heteroatoms. The van der Waals surface area contributed by atoms with Crippen LogP contribution >= 0.6 is 15.9 Å². The first-order valence-electron chi connectivity index (χ1n) is 3.77. The van der Waals surface area contributed by atoms with Gasteiger partial charge in [0, 0.05) is 0 Å². The molecule has 0 atom stereocenters. The van der Waals surface area contributed by atoms with Crippen molar-refractivity contribution < 1.29 is 12.6 Å². The van der Waals surface area contributed by atoms with Gasteiger partial charge >= 0.3 is 10.1 Å². The minimum Gasteiger partial charge on any atom is -0.383 e. The molecule has 1 aromatic rings. The molecule has 0 aliphatic heterocycles. The minimum atomic E-state index is -3.43. The molecule has 0 unspecified atom stereocenters. The van der Waals surface area contributed by atoms with Gasteiger partial charge in [0.05, 0.1) is 6.26 Å². The van der Waals surface area contributed by atoms with Crippen molar-refractivity contribution in [3.8, 4) is 5.75 Å². The second-order valence-electron chi connectivity index (χ2n) is 2.65. The van der Waals surface area contributed by atoms with E-state index < -0.39 is 10.1 Å². The second kappa shape index (κ2) is 4.61. The molecule has 0 aliphatic carbocycles. The summed E-state index contributed by atoms with van der Waals surface area (Å²) in [5.41, 5.74) is 0.961. The van der Waals surface area contributed by atoms with Gasteiger partial charge in [0.25, 0.3) is 0 Å². The van der Waals surface area contributed by atoms with Crippen molar-refractivity contribution in [2.75, 3.05) is 6.26 Å². The van der Waals surface area contributed by atoms with Gasteiger partial charge in [-0.25, -0.2) is 0 Å². The highest BCUT2D eigenvalue weighted by molar-refractivity contribution is 9.11. The average Bonchev–Trinajstić information content (AvgIpc) is 2.06. The first-order chi connectivity index (χ1) is 6.51. The molecule has 0 fully saturated rings. The Morgan fingerprint density at radius 1 is 1.29 bits per heavy atom. The molecule has 0 spiro atoms. The van der Waals surface area contributed by atoms with Crippen molar-refractivity contribution in [1.29, 1.82) is 0 Å². The molecule has 0 saturated carbocycles. The fourth-order valence-corrected chi connectivity index (χ4v) is 1.65. The van der Waals surface area contributed by atoms with Crippen molar-refractivity contribution in [1.82, 2.24) is 0 Å². The summed E-state index contributed by atoms with van der Waals surface area (Å²) < 4.78 is 26.2. The predicted octanol–water partition coefficient (Wildman–Crippen LogP) is 2.39. The third-order valence-corrected chi connectivity index (χ3v) is 2.14. The SMILES string of the molecule is CS(=O)(=O)Oc1ccc(C=CBr)cc1. The van der Waals surface area contributed by atoms with Crippen molar-refractivity contribution in [2.24, 2.45) is 0 Å². The van der Waals surface area contributed by atoms with E-state index in [1.54, 1.807) is 29.3 Å². The smallest absolute Gasteiger partial charge is 0.306 e. The summed E-state index contributed by atoms with van der Waals surface area (Å²) in [5, 5.41) is 0. The largest absolute Gasteiger partial charge is 0.383 e. The third kappa shape index (κ3) is 3.93. The fourth-order valence-electron chi connectivity index (χ4n) is 0.882. The molecule has 0 bridgehead atoms. The maximum Gasteiger partial charge on any atom is 0.306 e. The summed E-state index contributed by atoms with van der Waals surface area (Å²) in [4.78, 5) is 1.72. The summed E-state index contributed by atoms with van der Waals surface area (Å²) in [6, 6.07) is 6.73. The van der Waals surface area contributed by atoms with Crippen LogP contribution in [0.5, 0.6) is 5.75 Å². The van der Waals surface area contributed by atoms with Gasteiger partial charge in [0.1, 0.15) is 5.75 Å². The molecule has 1 aromatic carbocycles. The Kier molecular flexibility index (Phi) is 3.71. The Morgan fingerprint density at radius 3 is 2.29 bits per heavy atom. The molecule has 0 amide bonds. The van der Waals surface area contributed by atoms with E-state index in [4.69, 9.17) is 0 Å². The molecule has 0 radical (unpaired) electrons. The van der Waals surface area contributed by atoms with Gasteiger partial charge in [0.2, 0.25) is 0 Å². The molecule has 0 aromatic heterocycles. The highest BCUT2D eigenvalue weighted by Gasteiger charge is 2.02. The van der Waals surface area contributed by atoms with Crippen molar-refractivity contribution in [2.45, 2.75) is 0 Å². The van der Waals surface area contributed by atoms with E-state index >= 15 is 0 Å². The maximum absolute atomic E-state index is 10.8. The first kappa shape index (κ1) is 11.3. The number of hydrogen-bond donors (Lipinski definition) is 0. The van der Waals surface area contributed by atoms with Crippen LogP contribution in [0.1, 0.15) is 5.56 Å². The minimum absolute atomic E-state index is 0.319. The van der Waals surface area contributed by atoms with E-state index in [9.17, 15) is 8.42 Å². The topological polar surface area (TPSA) is 43.4 Å². The molecular formula is C9H9BrO3S. The van der Waals surface area contributed by atoms with E-state index in [2.05, 4.69) is 20.1 Å². The highest BCUT2D eigenvalue weighted by atomic mass is 79.9. The first-order valence-corrected chi connectivity index (χ1v) is 6.51. The molecular weight excluding hydrogens is 268 g/mol. The zero-order valence-corrected chi connectivity index (χ0v) is 9.88. The molecule has 0 aliphatic rings. The molecule has 0 N–H and O–H groups in total. The third-order valence-electron chi connectivity index (χ3n) is 1.38. The molecule has 1 rings (SSSR count). The zero-order chi connectivity index (χ0) is 10.6. The van der Waals surface area contributed by atoms with Crippen LogP contribution in [0.25, 0.3) is 6.08 Å². The summed E-state index contributed by atoms with van der Waals surface area (Å²) in [6.45, 7) is 0. The number of halogens is 1. The quantitative estimate of drug-likeness (QED) is 0.797. The predicted molar refractivity (Wildman–Crippen MR) is 59.9 cm³/mol. The van der Waals surface area contributed by atoms with E-state index in [0.717, 1.165) is 11.8 Å². The Labute approximate surface area is 91.7 Å². The second-order valence-corrected chi connectivity index (χ2v) is 4.75. The number of hydrogen-bond acceptors (Lipinski definition) is 3. The standard InChI is InChI=1S/C9H9BrO3S/c1-14(11,12)13-9-4-2-8(3-5-9)6-7-10/h2-7H,1H3. The summed E-state index contributed by atoms with van der Waals surface area (Å²) in [5.74, 6) is 0.319. The van der Waals surface area contributed by atoms with E-state index in [1.165, 1.54) is 0 Å². The molecule has 14 heavy (non-hydrogen) atoms. The number of benzene rings is 1. The van der Waals surface area contributed by atoms with Crippen LogP contribution < -0.4 is 4.18 Å². The zero-order valence-electron chi connectivity index (χ0n) is 7.48. The maximum atomic E-state index is 10.8. The Bertz CT molecular complexity index is 420. The Morgan fingerprint density at radius 2 is 1.86 bits per heavy atom. The van der Waals surface area contributed by atoms with Crippen molar-refractivity contribution in [3.05, 3.63) is 34.8 Å². The lowest BCUT2D eigenvalue weighted by Gasteiger charge is -2.02. The number of rotatable bonds is 3. The van der Waals surface area contributed by atoms with Gasteiger partial charge in [0.15, 0.2) is 0 Å². The molecule has 0 heterocycles. The van der Waals surface area contributed by atoms with Gasteiger partial charge in [-0.15, -0.1) is 0 Å². The van der Waals surface area contributed by atoms with Crippen LogP contribution in [-0.2, 0) is 10.1 Å². The fraction of sp³-hybridized carbons (Fsp3) is 0.111. The van der Waals surface area contributed by atoms with Crippen LogP contribution in [0.3, 0.4) is 0 Å². The van der Waals surface area contributed by atoms with E-state index in [1.807, 2.05) is 6.08 Å². The lowest BCUT2D eigenvalue weighted by atomic mass is 10.2. The monoisotopic (exact) mass is 276 g/mol. The van der Waals surface area contributed by atoms with Crippen LogP contribution in [0.2, 0.25) is 0 Å². The van der Waals surface area contributed by atoms with Crippen LogP contribution in [0.15, 0.2) is 29.3 Å². The average molecular weight is 277 g/mol. The Hall–Kier alpha value is -0.810. The van der Waals surface area contributed by atoms with Gasteiger partial charge in [-0.3, -0.25) is 0 Å². The van der Waals surface area contributed by atoms with Gasteiger partial charge in [-0.05, 0) is 28.8 Å². The van der Waals surface area contributed by atoms with Gasteiger partial charge in [-0.2, -0.15) is 8.42 Å². The van der Waals surface area contributed by atoms with Gasteiger partial charge in [-0.1, -0.05) is 28.1 Å². The van der Waals surface area contributed by atoms with Crippen molar-refractivity contribution in [3.63, 3.8) is 0 Å². The molecule has 0 saturated heterocycles.